The van der Waals surface area contributed by atoms with Crippen molar-refractivity contribution in [1.29, 1.82) is 0 Å². The molecule has 0 spiro atoms. The maximum atomic E-state index is 10.7. The van der Waals surface area contributed by atoms with Crippen molar-refractivity contribution in [2.24, 2.45) is 0 Å². The standard InChI is InChI=1S/C42H88N4O2.C3H7N/c1-3-5-7-9-11-13-15-17-19-21-23-25-27-29-31-43-37-41(47)35-40-36-45-33-34-46(40)39-42(48)38-44-32-30-28-26-24-22-20-18-16-14-12-10-8-6-4-2;1-2-4-3-1/h40-45,47-48H,3-39H2,1-2H3;4H,1-3H2. The van der Waals surface area contributed by atoms with Crippen molar-refractivity contribution in [3.8, 4) is 0 Å². The van der Waals surface area contributed by atoms with Crippen molar-refractivity contribution in [3.63, 3.8) is 0 Å². The third-order valence-corrected chi connectivity index (χ3v) is 11.3. The topological polar surface area (TPSA) is 91.8 Å². The minimum Gasteiger partial charge on any atom is -0.392 e. The average molecular weight is 738 g/mol. The molecule has 312 valence electrons. The van der Waals surface area contributed by atoms with Crippen molar-refractivity contribution >= 4 is 0 Å². The summed E-state index contributed by atoms with van der Waals surface area (Å²) >= 11 is 0. The number of unbranched alkanes of at least 4 members (excludes halogenated alkanes) is 26. The van der Waals surface area contributed by atoms with Crippen LogP contribution in [-0.4, -0.2) is 98.8 Å². The van der Waals surface area contributed by atoms with Crippen LogP contribution in [0.4, 0.5) is 0 Å². The summed E-state index contributed by atoms with van der Waals surface area (Å²) in [5, 5.41) is 35.1. The Kier molecular flexibility index (Phi) is 38.6. The minimum absolute atomic E-state index is 0.289. The lowest BCUT2D eigenvalue weighted by Crippen LogP contribution is -2.55. The summed E-state index contributed by atoms with van der Waals surface area (Å²) in [6.45, 7) is 13.9. The van der Waals surface area contributed by atoms with Crippen LogP contribution in [0.3, 0.4) is 0 Å². The van der Waals surface area contributed by atoms with Crippen LogP contribution < -0.4 is 21.3 Å². The number of β-amino-alcohol motifs (C(OH)–C–C–N with tert-alkyl or cyclic N) is 1. The zero-order chi connectivity index (χ0) is 37.4. The van der Waals surface area contributed by atoms with Gasteiger partial charge in [-0.3, -0.25) is 4.90 Å². The molecule has 52 heavy (non-hydrogen) atoms. The first kappa shape index (κ1) is 49.7. The SMILES string of the molecule is C1CNC1.CCCCCCCCCCCCCCCCNCC(O)CC1CNCCN1CC(O)CNCCCCCCCCCCCCCCCC. The van der Waals surface area contributed by atoms with E-state index >= 15 is 0 Å². The molecule has 0 radical (unpaired) electrons. The van der Waals surface area contributed by atoms with Gasteiger partial charge < -0.3 is 31.5 Å². The second-order valence-corrected chi connectivity index (χ2v) is 16.6. The van der Waals surface area contributed by atoms with E-state index in [1.54, 1.807) is 0 Å². The maximum Gasteiger partial charge on any atom is 0.0791 e. The molecule has 6 N–H and O–H groups in total. The maximum absolute atomic E-state index is 10.7. The van der Waals surface area contributed by atoms with Gasteiger partial charge in [0.15, 0.2) is 0 Å². The summed E-state index contributed by atoms with van der Waals surface area (Å²) in [7, 11) is 0. The van der Waals surface area contributed by atoms with Gasteiger partial charge >= 0.3 is 0 Å². The van der Waals surface area contributed by atoms with E-state index in [1.165, 1.54) is 199 Å². The summed E-state index contributed by atoms with van der Waals surface area (Å²) in [6.07, 6.45) is 40.3. The van der Waals surface area contributed by atoms with Crippen molar-refractivity contribution in [1.82, 2.24) is 26.2 Å². The van der Waals surface area contributed by atoms with Crippen LogP contribution in [0.15, 0.2) is 0 Å². The van der Waals surface area contributed by atoms with Crippen molar-refractivity contribution in [3.05, 3.63) is 0 Å². The molecule has 7 heteroatoms. The van der Waals surface area contributed by atoms with Crippen LogP contribution >= 0.6 is 0 Å². The first-order valence-electron chi connectivity index (χ1n) is 23.6. The molecule has 0 bridgehead atoms. The van der Waals surface area contributed by atoms with E-state index in [0.717, 1.165) is 39.1 Å². The molecule has 2 aliphatic heterocycles. The van der Waals surface area contributed by atoms with Gasteiger partial charge in [0.25, 0.3) is 0 Å². The molecule has 0 amide bonds. The fourth-order valence-corrected chi connectivity index (χ4v) is 7.61. The fourth-order valence-electron chi connectivity index (χ4n) is 7.61. The second-order valence-electron chi connectivity index (χ2n) is 16.6. The van der Waals surface area contributed by atoms with Gasteiger partial charge in [0.2, 0.25) is 0 Å². The van der Waals surface area contributed by atoms with Gasteiger partial charge in [-0.2, -0.15) is 0 Å². The molecule has 2 fully saturated rings. The summed E-state index contributed by atoms with van der Waals surface area (Å²) in [6, 6.07) is 0.289. The van der Waals surface area contributed by atoms with Gasteiger partial charge in [0, 0.05) is 45.3 Å². The lowest BCUT2D eigenvalue weighted by molar-refractivity contribution is 0.0466. The molecule has 2 aliphatic rings. The zero-order valence-electron chi connectivity index (χ0n) is 35.4. The number of aliphatic hydroxyl groups is 2. The highest BCUT2D eigenvalue weighted by atomic mass is 16.3. The van der Waals surface area contributed by atoms with Gasteiger partial charge in [-0.15, -0.1) is 0 Å². The molecule has 0 aromatic heterocycles. The molecule has 0 aromatic rings. The number of hydrogen-bond acceptors (Lipinski definition) is 7. The van der Waals surface area contributed by atoms with Gasteiger partial charge in [-0.25, -0.2) is 0 Å². The van der Waals surface area contributed by atoms with Crippen LogP contribution in [0.1, 0.15) is 206 Å². The number of rotatable bonds is 38. The molecule has 2 saturated heterocycles. The quantitative estimate of drug-likeness (QED) is 0.0352. The van der Waals surface area contributed by atoms with Crippen LogP contribution in [0, 0.1) is 0 Å². The molecule has 2 heterocycles. The normalized spacial score (nSPS) is 17.4. The molecule has 0 aromatic carbocycles. The Morgan fingerprint density at radius 3 is 1.21 bits per heavy atom. The summed E-state index contributed by atoms with van der Waals surface area (Å²) < 4.78 is 0. The summed E-state index contributed by atoms with van der Waals surface area (Å²) in [5.41, 5.74) is 0. The van der Waals surface area contributed by atoms with E-state index in [-0.39, 0.29) is 18.2 Å². The summed E-state index contributed by atoms with van der Waals surface area (Å²) in [4.78, 5) is 2.39. The Labute approximate surface area is 325 Å². The van der Waals surface area contributed by atoms with E-state index < -0.39 is 0 Å². The number of aliphatic hydroxyl groups excluding tert-OH is 2. The van der Waals surface area contributed by atoms with Gasteiger partial charge in [-0.05, 0) is 51.9 Å². The van der Waals surface area contributed by atoms with Crippen molar-refractivity contribution in [2.75, 3.05) is 65.4 Å². The highest BCUT2D eigenvalue weighted by Crippen LogP contribution is 2.15. The predicted molar refractivity (Wildman–Crippen MR) is 229 cm³/mol. The number of nitrogens with one attached hydrogen (secondary N) is 4. The fraction of sp³-hybridized carbons (Fsp3) is 1.00. The van der Waals surface area contributed by atoms with Gasteiger partial charge in [0.1, 0.15) is 0 Å². The average Bonchev–Trinajstić information content (AvgIpc) is 3.11. The Morgan fingerprint density at radius 1 is 0.500 bits per heavy atom. The number of nitrogens with zero attached hydrogens (tertiary/aromatic N) is 1. The Bertz CT molecular complexity index is 626. The Hall–Kier alpha value is -0.280. The lowest BCUT2D eigenvalue weighted by atomic mass is 10.0. The smallest absolute Gasteiger partial charge is 0.0791 e. The van der Waals surface area contributed by atoms with Crippen LogP contribution in [-0.2, 0) is 0 Å². The third-order valence-electron chi connectivity index (χ3n) is 11.3. The van der Waals surface area contributed by atoms with Crippen molar-refractivity contribution < 1.29 is 10.2 Å². The second kappa shape index (κ2) is 40.4. The lowest BCUT2D eigenvalue weighted by Gasteiger charge is -2.38. The highest BCUT2D eigenvalue weighted by molar-refractivity contribution is 4.84. The van der Waals surface area contributed by atoms with Crippen LogP contribution in [0.5, 0.6) is 0 Å². The third kappa shape index (κ3) is 34.2. The van der Waals surface area contributed by atoms with Crippen LogP contribution in [0.25, 0.3) is 0 Å². The highest BCUT2D eigenvalue weighted by Gasteiger charge is 2.26. The van der Waals surface area contributed by atoms with E-state index in [1.807, 2.05) is 0 Å². The molecular formula is C45H95N5O2. The van der Waals surface area contributed by atoms with Crippen molar-refractivity contribution in [2.45, 2.75) is 225 Å². The van der Waals surface area contributed by atoms with E-state index in [0.29, 0.717) is 19.6 Å². The van der Waals surface area contributed by atoms with Crippen LogP contribution in [0.2, 0.25) is 0 Å². The largest absolute Gasteiger partial charge is 0.392 e. The number of hydrogen-bond donors (Lipinski definition) is 6. The summed E-state index contributed by atoms with van der Waals surface area (Å²) in [5.74, 6) is 0. The molecule has 3 atom stereocenters. The molecule has 0 saturated carbocycles. The first-order valence-corrected chi connectivity index (χ1v) is 23.6. The molecule has 0 aliphatic carbocycles. The van der Waals surface area contributed by atoms with E-state index in [2.05, 4.69) is 40.0 Å². The minimum atomic E-state index is -0.354. The monoisotopic (exact) mass is 738 g/mol. The predicted octanol–water partition coefficient (Wildman–Crippen LogP) is 9.49. The molecule has 3 unspecified atom stereocenters. The number of piperazine rings is 1. The molecular weight excluding hydrogens is 643 g/mol. The first-order chi connectivity index (χ1) is 25.7. The van der Waals surface area contributed by atoms with Gasteiger partial charge in [0.05, 0.1) is 12.2 Å². The van der Waals surface area contributed by atoms with E-state index in [4.69, 9.17) is 0 Å². The Morgan fingerprint density at radius 2 is 0.846 bits per heavy atom. The van der Waals surface area contributed by atoms with E-state index in [9.17, 15) is 10.2 Å². The van der Waals surface area contributed by atoms with Gasteiger partial charge in [-0.1, -0.05) is 181 Å². The molecule has 2 rings (SSSR count). The molecule has 7 nitrogen and oxygen atoms in total. The Balaban J connectivity index is 0.00000314. The zero-order valence-corrected chi connectivity index (χ0v) is 35.4.